The maximum atomic E-state index is 13.9. The molecule has 0 bridgehead atoms. The van der Waals surface area contributed by atoms with E-state index in [2.05, 4.69) is 43.6 Å². The highest BCUT2D eigenvalue weighted by atomic mass is 31.0. The van der Waals surface area contributed by atoms with Crippen LogP contribution < -0.4 is 11.1 Å². The molecule has 4 nitrogen and oxygen atoms in total. The minimum atomic E-state index is -4.52. The number of allylic oxidation sites excluding steroid dienone is 1. The number of benzene rings is 1. The van der Waals surface area contributed by atoms with Crippen molar-refractivity contribution >= 4 is 26.5 Å². The number of anilines is 1. The van der Waals surface area contributed by atoms with E-state index in [1.165, 1.54) is 6.07 Å². The van der Waals surface area contributed by atoms with Crippen LogP contribution in [-0.4, -0.2) is 23.4 Å². The van der Waals surface area contributed by atoms with Crippen LogP contribution in [0.1, 0.15) is 56.0 Å². The summed E-state index contributed by atoms with van der Waals surface area (Å²) < 4.78 is 41.7. The van der Waals surface area contributed by atoms with Crippen LogP contribution in [0.15, 0.2) is 65.2 Å². The van der Waals surface area contributed by atoms with E-state index < -0.39 is 17.9 Å². The van der Waals surface area contributed by atoms with Gasteiger partial charge in [-0.15, -0.1) is 9.24 Å². The molecule has 0 radical (unpaired) electrons. The molecule has 0 amide bonds. The molecule has 1 aliphatic heterocycles. The number of hydrogen-bond acceptors (Lipinski definition) is 4. The normalized spacial score (nSPS) is 26.8. The minimum Gasteiger partial charge on any atom is -0.382 e. The molecule has 0 saturated heterocycles. The average molecular weight is 487 g/mol. The number of dihydropyridines is 1. The second-order valence-corrected chi connectivity index (χ2v) is 9.84. The number of nitrogens with two attached hydrogens (primary N) is 1. The number of rotatable bonds is 4. The van der Waals surface area contributed by atoms with Crippen LogP contribution in [0.5, 0.6) is 0 Å². The fourth-order valence-corrected chi connectivity index (χ4v) is 5.24. The molecule has 4 atom stereocenters. The second-order valence-electron chi connectivity index (χ2n) is 9.26. The maximum Gasteiger partial charge on any atom is 0.418 e. The lowest BCUT2D eigenvalue weighted by molar-refractivity contribution is -0.138. The van der Waals surface area contributed by atoms with Gasteiger partial charge >= 0.3 is 6.18 Å². The number of aliphatic imine (C=N–C) groups is 1. The highest BCUT2D eigenvalue weighted by Crippen LogP contribution is 2.42. The number of nitrogens with one attached hydrogen (secondary N) is 1. The Balaban J connectivity index is 1.65. The molecule has 8 heteroatoms. The number of alkyl halides is 3. The Hall–Kier alpha value is -2.50. The Bertz CT molecular complexity index is 1110. The average Bonchev–Trinajstić information content (AvgIpc) is 3.01. The van der Waals surface area contributed by atoms with Crippen LogP contribution in [0.4, 0.5) is 18.9 Å². The van der Waals surface area contributed by atoms with E-state index in [0.717, 1.165) is 37.8 Å². The van der Waals surface area contributed by atoms with Crippen LogP contribution >= 0.6 is 9.24 Å². The Morgan fingerprint density at radius 2 is 1.88 bits per heavy atom. The topological polar surface area (TPSA) is 63.3 Å². The SMILES string of the molecule is CC1(c2ccc(C(F)(F)F)c(/C(P)=C3\C=CC=NC3N)n2)CCCC(Nc2ccccc2)CC1. The number of para-hydroxylation sites is 1. The monoisotopic (exact) mass is 486 g/mol. The zero-order valence-electron chi connectivity index (χ0n) is 19.1. The van der Waals surface area contributed by atoms with Crippen molar-refractivity contribution in [1.29, 1.82) is 0 Å². The number of aromatic nitrogens is 1. The van der Waals surface area contributed by atoms with Gasteiger partial charge < -0.3 is 11.1 Å². The Morgan fingerprint density at radius 3 is 2.59 bits per heavy atom. The van der Waals surface area contributed by atoms with E-state index in [1.54, 1.807) is 24.4 Å². The molecule has 2 aromatic rings. The summed E-state index contributed by atoms with van der Waals surface area (Å²) in [7, 11) is 2.41. The second kappa shape index (κ2) is 10.0. The Kier molecular flexibility index (Phi) is 7.25. The molecule has 34 heavy (non-hydrogen) atoms. The molecule has 180 valence electrons. The summed E-state index contributed by atoms with van der Waals surface area (Å²) in [4.78, 5) is 8.74. The van der Waals surface area contributed by atoms with E-state index in [-0.39, 0.29) is 11.1 Å². The van der Waals surface area contributed by atoms with Crippen molar-refractivity contribution in [3.8, 4) is 0 Å². The number of halogens is 3. The first-order valence-electron chi connectivity index (χ1n) is 11.5. The van der Waals surface area contributed by atoms with Crippen LogP contribution in [0, 0.1) is 0 Å². The standard InChI is InChI=1S/C26H30F3N4P/c1-25(14-5-9-18(13-15-25)32-17-7-3-2-4-8-17)21-12-11-20(26(27,28)29)22(33-21)23(34)19-10-6-16-31-24(19)30/h2-4,6-8,10-12,16,18,24,32H,5,9,13-15,30,34H2,1H3/b23-19-. The molecule has 4 unspecified atom stereocenters. The lowest BCUT2D eigenvalue weighted by Crippen LogP contribution is -2.26. The van der Waals surface area contributed by atoms with Crippen molar-refractivity contribution in [3.05, 3.63) is 77.1 Å². The Labute approximate surface area is 200 Å². The third-order valence-electron chi connectivity index (χ3n) is 6.78. The zero-order valence-corrected chi connectivity index (χ0v) is 20.3. The summed E-state index contributed by atoms with van der Waals surface area (Å²) in [6.07, 6.45) is 4.27. The molecular formula is C26H30F3N4P. The van der Waals surface area contributed by atoms with Gasteiger partial charge in [-0.05, 0) is 61.6 Å². The van der Waals surface area contributed by atoms with Gasteiger partial charge in [-0.3, -0.25) is 9.98 Å². The number of hydrogen-bond donors (Lipinski definition) is 2. The first-order chi connectivity index (χ1) is 16.2. The molecule has 1 aromatic carbocycles. The lowest BCUT2D eigenvalue weighted by Gasteiger charge is -2.29. The van der Waals surface area contributed by atoms with Gasteiger partial charge in [0.2, 0.25) is 0 Å². The van der Waals surface area contributed by atoms with E-state index in [4.69, 9.17) is 5.73 Å². The van der Waals surface area contributed by atoms with E-state index in [9.17, 15) is 13.2 Å². The minimum absolute atomic E-state index is 0.0911. The van der Waals surface area contributed by atoms with Gasteiger partial charge in [0, 0.05) is 34.4 Å². The molecule has 1 fully saturated rings. The van der Waals surface area contributed by atoms with Crippen molar-refractivity contribution in [2.75, 3.05) is 5.32 Å². The zero-order chi connectivity index (χ0) is 24.3. The van der Waals surface area contributed by atoms with Crippen LogP contribution in [0.2, 0.25) is 0 Å². The van der Waals surface area contributed by atoms with E-state index >= 15 is 0 Å². The van der Waals surface area contributed by atoms with Crippen molar-refractivity contribution in [1.82, 2.24) is 4.98 Å². The maximum absolute atomic E-state index is 13.9. The van der Waals surface area contributed by atoms with Crippen LogP contribution in [0.3, 0.4) is 0 Å². The summed E-state index contributed by atoms with van der Waals surface area (Å²) in [5.41, 5.74) is 7.17. The molecule has 2 aliphatic rings. The smallest absolute Gasteiger partial charge is 0.382 e. The highest BCUT2D eigenvalue weighted by molar-refractivity contribution is 7.31. The quantitative estimate of drug-likeness (QED) is 0.393. The molecule has 3 N–H and O–H groups in total. The predicted octanol–water partition coefficient (Wildman–Crippen LogP) is 6.31. The van der Waals surface area contributed by atoms with Crippen molar-refractivity contribution in [3.63, 3.8) is 0 Å². The third-order valence-corrected chi connectivity index (χ3v) is 7.39. The van der Waals surface area contributed by atoms with Gasteiger partial charge in [-0.25, -0.2) is 0 Å². The van der Waals surface area contributed by atoms with Gasteiger partial charge in [0.15, 0.2) is 0 Å². The Morgan fingerprint density at radius 1 is 1.12 bits per heavy atom. The lowest BCUT2D eigenvalue weighted by atomic mass is 9.78. The number of nitrogens with zero attached hydrogens (tertiary/aromatic N) is 2. The summed E-state index contributed by atoms with van der Waals surface area (Å²) in [5.74, 6) is 0. The molecule has 4 rings (SSSR count). The van der Waals surface area contributed by atoms with Gasteiger partial charge in [0.25, 0.3) is 0 Å². The molecule has 2 heterocycles. The molecule has 0 spiro atoms. The van der Waals surface area contributed by atoms with E-state index in [1.807, 2.05) is 18.2 Å². The van der Waals surface area contributed by atoms with Crippen molar-refractivity contribution < 1.29 is 13.2 Å². The largest absolute Gasteiger partial charge is 0.418 e. The first kappa shape index (κ1) is 24.6. The fourth-order valence-electron chi connectivity index (χ4n) is 4.75. The highest BCUT2D eigenvalue weighted by Gasteiger charge is 2.38. The van der Waals surface area contributed by atoms with Crippen molar-refractivity contribution in [2.45, 2.75) is 62.8 Å². The third kappa shape index (κ3) is 5.42. The van der Waals surface area contributed by atoms with Gasteiger partial charge in [-0.1, -0.05) is 37.6 Å². The molecule has 1 saturated carbocycles. The van der Waals surface area contributed by atoms with Gasteiger partial charge in [-0.2, -0.15) is 13.2 Å². The summed E-state index contributed by atoms with van der Waals surface area (Å²) in [5, 5.41) is 3.93. The van der Waals surface area contributed by atoms with Crippen molar-refractivity contribution in [2.24, 2.45) is 10.7 Å². The molecule has 1 aromatic heterocycles. The van der Waals surface area contributed by atoms with Crippen LogP contribution in [0.25, 0.3) is 5.31 Å². The number of pyridine rings is 1. The van der Waals surface area contributed by atoms with Crippen LogP contribution in [-0.2, 0) is 11.6 Å². The summed E-state index contributed by atoms with van der Waals surface area (Å²) in [6.45, 7) is 2.11. The summed E-state index contributed by atoms with van der Waals surface area (Å²) >= 11 is 0. The molecule has 1 aliphatic carbocycles. The van der Waals surface area contributed by atoms with Gasteiger partial charge in [0.1, 0.15) is 6.17 Å². The predicted molar refractivity (Wildman–Crippen MR) is 136 cm³/mol. The fraction of sp³-hybridized carbons (Fsp3) is 0.385. The van der Waals surface area contributed by atoms with Gasteiger partial charge in [0.05, 0.1) is 11.3 Å². The summed E-state index contributed by atoms with van der Waals surface area (Å²) in [6, 6.07) is 13.1. The first-order valence-corrected chi connectivity index (χ1v) is 12.1. The van der Waals surface area contributed by atoms with E-state index in [0.29, 0.717) is 22.6 Å². The molecular weight excluding hydrogens is 456 g/mol.